The van der Waals surface area contributed by atoms with E-state index in [4.69, 9.17) is 0 Å². The molecule has 1 aromatic rings. The van der Waals surface area contributed by atoms with E-state index in [1.54, 1.807) is 0 Å². The molecule has 0 unspecified atom stereocenters. The highest BCUT2D eigenvalue weighted by molar-refractivity contribution is 5.83. The minimum absolute atomic E-state index is 0.0129. The van der Waals surface area contributed by atoms with Gasteiger partial charge in [0.1, 0.15) is 5.41 Å². The summed E-state index contributed by atoms with van der Waals surface area (Å²) in [5, 5.41) is 9.96. The second-order valence-electron chi connectivity index (χ2n) is 8.19. The number of pyridine rings is 1. The largest absolute Gasteiger partial charge is 0.481 e. The lowest BCUT2D eigenvalue weighted by Gasteiger charge is -2.31. The van der Waals surface area contributed by atoms with Crippen LogP contribution in [0.3, 0.4) is 0 Å². The highest BCUT2D eigenvalue weighted by atomic mass is 16.4. The van der Waals surface area contributed by atoms with E-state index in [0.717, 1.165) is 37.9 Å². The van der Waals surface area contributed by atoms with Gasteiger partial charge in [-0.05, 0) is 30.9 Å². The number of fused-ring (bicyclic) bond motifs is 1. The molecule has 3 fully saturated rings. The van der Waals surface area contributed by atoms with Gasteiger partial charge in [-0.1, -0.05) is 19.4 Å². The zero-order chi connectivity index (χ0) is 18.3. The maximum Gasteiger partial charge on any atom is 0.313 e. The molecule has 1 aromatic heterocycles. The summed E-state index contributed by atoms with van der Waals surface area (Å²) < 4.78 is 0. The Hall–Kier alpha value is -1.95. The van der Waals surface area contributed by atoms with Gasteiger partial charge in [0.15, 0.2) is 0 Å². The monoisotopic (exact) mass is 357 g/mol. The van der Waals surface area contributed by atoms with Crippen molar-refractivity contribution in [1.82, 2.24) is 14.8 Å². The van der Waals surface area contributed by atoms with Gasteiger partial charge in [-0.25, -0.2) is 0 Å². The quantitative estimate of drug-likeness (QED) is 0.870. The van der Waals surface area contributed by atoms with Crippen molar-refractivity contribution in [2.24, 2.45) is 17.3 Å². The van der Waals surface area contributed by atoms with Gasteiger partial charge in [0.25, 0.3) is 0 Å². The van der Waals surface area contributed by atoms with Gasteiger partial charge in [0.05, 0.1) is 5.69 Å². The van der Waals surface area contributed by atoms with Crippen LogP contribution >= 0.6 is 0 Å². The Balaban J connectivity index is 1.44. The fourth-order valence-electron chi connectivity index (χ4n) is 4.66. The molecule has 6 nitrogen and oxygen atoms in total. The number of nitrogens with zero attached hydrogens (tertiary/aromatic N) is 3. The predicted molar refractivity (Wildman–Crippen MR) is 96.4 cm³/mol. The first-order chi connectivity index (χ1) is 12.5. The second-order valence-corrected chi connectivity index (χ2v) is 8.19. The topological polar surface area (TPSA) is 73.7 Å². The van der Waals surface area contributed by atoms with Crippen LogP contribution in [0, 0.1) is 17.3 Å². The van der Waals surface area contributed by atoms with E-state index in [0.29, 0.717) is 26.2 Å². The van der Waals surface area contributed by atoms with Crippen LogP contribution in [0.25, 0.3) is 0 Å². The molecule has 3 heterocycles. The molecule has 140 valence electrons. The van der Waals surface area contributed by atoms with Crippen molar-refractivity contribution in [2.45, 2.75) is 39.2 Å². The van der Waals surface area contributed by atoms with Crippen LogP contribution in [0.4, 0.5) is 0 Å². The Bertz CT molecular complexity index is 701. The highest BCUT2D eigenvalue weighted by Gasteiger charge is 2.58. The van der Waals surface area contributed by atoms with Crippen LogP contribution in [-0.4, -0.2) is 57.9 Å². The van der Waals surface area contributed by atoms with E-state index in [2.05, 4.69) is 22.9 Å². The van der Waals surface area contributed by atoms with E-state index in [9.17, 15) is 14.7 Å². The molecule has 3 aliphatic rings. The summed E-state index contributed by atoms with van der Waals surface area (Å²) in [5.74, 6) is -0.436. The highest BCUT2D eigenvalue weighted by Crippen LogP contribution is 2.44. The molecule has 0 aromatic carbocycles. The normalized spacial score (nSPS) is 28.8. The molecule has 1 saturated carbocycles. The third-order valence-corrected chi connectivity index (χ3v) is 6.55. The summed E-state index contributed by atoms with van der Waals surface area (Å²) in [4.78, 5) is 33.2. The van der Waals surface area contributed by atoms with Crippen LogP contribution < -0.4 is 0 Å². The fraction of sp³-hybridized carbons (Fsp3) is 0.650. The lowest BCUT2D eigenvalue weighted by molar-refractivity contribution is -0.149. The van der Waals surface area contributed by atoms with Crippen molar-refractivity contribution in [2.75, 3.05) is 26.2 Å². The minimum Gasteiger partial charge on any atom is -0.481 e. The van der Waals surface area contributed by atoms with E-state index in [-0.39, 0.29) is 17.7 Å². The number of aryl methyl sites for hydroxylation is 1. The molecule has 0 radical (unpaired) electrons. The first-order valence-electron chi connectivity index (χ1n) is 9.70. The lowest BCUT2D eigenvalue weighted by Crippen LogP contribution is -2.44. The number of hydrogen-bond acceptors (Lipinski definition) is 4. The Kier molecular flexibility index (Phi) is 4.47. The Morgan fingerprint density at radius 3 is 2.62 bits per heavy atom. The number of aromatic nitrogens is 1. The van der Waals surface area contributed by atoms with Gasteiger partial charge in [-0.2, -0.15) is 0 Å². The number of hydrogen-bond donors (Lipinski definition) is 1. The number of rotatable bonds is 5. The number of carbonyl (C=O) groups is 2. The van der Waals surface area contributed by atoms with E-state index in [1.807, 2.05) is 17.2 Å². The number of amides is 1. The smallest absolute Gasteiger partial charge is 0.313 e. The maximum atomic E-state index is 12.6. The third kappa shape index (κ3) is 2.90. The molecule has 26 heavy (non-hydrogen) atoms. The zero-order valence-electron chi connectivity index (χ0n) is 15.4. The molecule has 0 bridgehead atoms. The van der Waals surface area contributed by atoms with Gasteiger partial charge < -0.3 is 10.0 Å². The van der Waals surface area contributed by atoms with Crippen LogP contribution in [0.5, 0.6) is 0 Å². The average molecular weight is 357 g/mol. The molecule has 4 rings (SSSR count). The standard InChI is InChI=1S/C20H27N3O3/c1-2-14-6-7-17(21-8-14)11-22-9-16-10-23(18(24)15-4-3-5-15)13-20(16,12-22)19(25)26/h6-8,15-16H,2-5,9-13H2,1H3,(H,25,26)/t16-,20-/m0/s1. The van der Waals surface area contributed by atoms with Crippen molar-refractivity contribution in [3.63, 3.8) is 0 Å². The number of carbonyl (C=O) groups excluding carboxylic acids is 1. The van der Waals surface area contributed by atoms with E-state index >= 15 is 0 Å². The minimum atomic E-state index is -0.817. The lowest BCUT2D eigenvalue weighted by atomic mass is 9.81. The fourth-order valence-corrected chi connectivity index (χ4v) is 4.66. The summed E-state index contributed by atoms with van der Waals surface area (Å²) in [5.41, 5.74) is 1.37. The predicted octanol–water partition coefficient (Wildman–Crippen LogP) is 1.79. The van der Waals surface area contributed by atoms with Crippen molar-refractivity contribution >= 4 is 11.9 Å². The third-order valence-electron chi connectivity index (χ3n) is 6.55. The van der Waals surface area contributed by atoms with E-state index < -0.39 is 11.4 Å². The Morgan fingerprint density at radius 2 is 2.08 bits per heavy atom. The summed E-state index contributed by atoms with van der Waals surface area (Å²) in [7, 11) is 0. The molecule has 2 atom stereocenters. The van der Waals surface area contributed by atoms with Gasteiger partial charge >= 0.3 is 5.97 Å². The molecule has 1 amide bonds. The molecule has 6 heteroatoms. The van der Waals surface area contributed by atoms with Gasteiger partial charge in [-0.15, -0.1) is 0 Å². The Morgan fingerprint density at radius 1 is 1.27 bits per heavy atom. The second kappa shape index (κ2) is 6.65. The van der Waals surface area contributed by atoms with Gasteiger partial charge in [-0.3, -0.25) is 19.5 Å². The molecule has 0 spiro atoms. The Labute approximate surface area is 154 Å². The van der Waals surface area contributed by atoms with Crippen LogP contribution in [0.1, 0.15) is 37.4 Å². The summed E-state index contributed by atoms with van der Waals surface area (Å²) in [6.07, 6.45) is 5.91. The molecule has 2 aliphatic heterocycles. The number of aliphatic carboxylic acids is 1. The van der Waals surface area contributed by atoms with Crippen molar-refractivity contribution in [3.8, 4) is 0 Å². The maximum absolute atomic E-state index is 12.6. The first-order valence-corrected chi connectivity index (χ1v) is 9.70. The molecule has 1 N–H and O–H groups in total. The summed E-state index contributed by atoms with van der Waals surface area (Å²) in [6, 6.07) is 4.12. The molecular weight excluding hydrogens is 330 g/mol. The molecule has 2 saturated heterocycles. The first kappa shape index (κ1) is 17.5. The summed E-state index contributed by atoms with van der Waals surface area (Å²) in [6.45, 7) is 4.94. The van der Waals surface area contributed by atoms with Crippen LogP contribution in [0.2, 0.25) is 0 Å². The van der Waals surface area contributed by atoms with Crippen molar-refractivity contribution < 1.29 is 14.7 Å². The zero-order valence-corrected chi connectivity index (χ0v) is 15.4. The van der Waals surface area contributed by atoms with E-state index in [1.165, 1.54) is 5.56 Å². The van der Waals surface area contributed by atoms with Gasteiger partial charge in [0.2, 0.25) is 5.91 Å². The number of likely N-dealkylation sites (tertiary alicyclic amines) is 2. The van der Waals surface area contributed by atoms with Crippen LogP contribution in [-0.2, 0) is 22.6 Å². The number of carboxylic acids is 1. The van der Waals surface area contributed by atoms with Crippen LogP contribution in [0.15, 0.2) is 18.3 Å². The number of carboxylic acid groups (broad SMARTS) is 1. The average Bonchev–Trinajstić information content (AvgIpc) is 3.09. The summed E-state index contributed by atoms with van der Waals surface area (Å²) >= 11 is 0. The molecular formula is C20H27N3O3. The van der Waals surface area contributed by atoms with Gasteiger partial charge in [0, 0.05) is 50.8 Å². The SMILES string of the molecule is CCc1ccc(CN2C[C@H]3CN(C(=O)C4CCC4)C[C@@]3(C(=O)O)C2)nc1. The van der Waals surface area contributed by atoms with Crippen molar-refractivity contribution in [3.05, 3.63) is 29.6 Å². The van der Waals surface area contributed by atoms with Crippen molar-refractivity contribution in [1.29, 1.82) is 0 Å². The molecule has 1 aliphatic carbocycles.